The molecule has 1 unspecified atom stereocenters. The lowest BCUT2D eigenvalue weighted by molar-refractivity contribution is 0.530. The molecule has 3 rings (SSSR count). The van der Waals surface area contributed by atoms with Crippen molar-refractivity contribution in [2.45, 2.75) is 25.4 Å². The predicted molar refractivity (Wildman–Crippen MR) is 78.0 cm³/mol. The summed E-state index contributed by atoms with van der Waals surface area (Å²) in [5.74, 6) is 0. The molecular formula is C16H18ClN. The van der Waals surface area contributed by atoms with E-state index in [1.54, 1.807) is 0 Å². The Labute approximate surface area is 115 Å². The third-order valence-electron chi connectivity index (χ3n) is 3.53. The van der Waals surface area contributed by atoms with Gasteiger partial charge >= 0.3 is 0 Å². The number of hydrogen-bond donors (Lipinski definition) is 1. The Morgan fingerprint density at radius 3 is 2.50 bits per heavy atom. The predicted octanol–water partition coefficient (Wildman–Crippen LogP) is 3.89. The van der Waals surface area contributed by atoms with Crippen LogP contribution in [0.25, 0.3) is 0 Å². The zero-order valence-corrected chi connectivity index (χ0v) is 11.1. The van der Waals surface area contributed by atoms with Crippen LogP contribution in [0.15, 0.2) is 54.6 Å². The van der Waals surface area contributed by atoms with Gasteiger partial charge in [-0.15, -0.1) is 12.4 Å². The van der Waals surface area contributed by atoms with Crippen molar-refractivity contribution in [3.05, 3.63) is 71.3 Å². The molecule has 1 N–H and O–H groups in total. The van der Waals surface area contributed by atoms with Crippen LogP contribution in [0.4, 0.5) is 0 Å². The van der Waals surface area contributed by atoms with E-state index in [1.807, 2.05) is 0 Å². The molecular weight excluding hydrogens is 242 g/mol. The highest BCUT2D eigenvalue weighted by Gasteiger charge is 2.20. The first kappa shape index (κ1) is 13.1. The molecule has 0 heterocycles. The Bertz CT molecular complexity index is 495. The number of fused-ring (bicyclic) bond motifs is 1. The summed E-state index contributed by atoms with van der Waals surface area (Å²) in [7, 11) is 0. The van der Waals surface area contributed by atoms with Crippen molar-refractivity contribution < 1.29 is 0 Å². The van der Waals surface area contributed by atoms with Gasteiger partial charge in [0.15, 0.2) is 0 Å². The molecule has 0 bridgehead atoms. The summed E-state index contributed by atoms with van der Waals surface area (Å²) in [5.41, 5.74) is 4.36. The van der Waals surface area contributed by atoms with E-state index in [9.17, 15) is 0 Å². The Hall–Kier alpha value is -1.31. The van der Waals surface area contributed by atoms with Crippen LogP contribution in [0.3, 0.4) is 0 Å². The maximum atomic E-state index is 3.65. The van der Waals surface area contributed by atoms with E-state index in [2.05, 4.69) is 59.9 Å². The molecule has 2 aromatic rings. The molecule has 0 aromatic heterocycles. The Morgan fingerprint density at radius 1 is 0.944 bits per heavy atom. The van der Waals surface area contributed by atoms with E-state index in [-0.39, 0.29) is 12.4 Å². The molecule has 94 valence electrons. The molecule has 0 amide bonds. The van der Waals surface area contributed by atoms with Crippen LogP contribution >= 0.6 is 12.4 Å². The number of benzene rings is 2. The first-order chi connectivity index (χ1) is 8.43. The van der Waals surface area contributed by atoms with Crippen LogP contribution < -0.4 is 5.32 Å². The van der Waals surface area contributed by atoms with E-state index in [4.69, 9.17) is 0 Å². The fourth-order valence-electron chi connectivity index (χ4n) is 2.61. The number of hydrogen-bond acceptors (Lipinski definition) is 1. The van der Waals surface area contributed by atoms with Crippen molar-refractivity contribution in [3.63, 3.8) is 0 Å². The fourth-order valence-corrected chi connectivity index (χ4v) is 2.61. The van der Waals surface area contributed by atoms with Crippen molar-refractivity contribution in [1.29, 1.82) is 0 Å². The molecule has 1 aliphatic carbocycles. The molecule has 0 fully saturated rings. The SMILES string of the molecule is Cl.c1ccc(CNC2CCc3ccccc32)cc1. The summed E-state index contributed by atoms with van der Waals surface area (Å²) in [6.45, 7) is 0.958. The van der Waals surface area contributed by atoms with Crippen molar-refractivity contribution in [1.82, 2.24) is 5.32 Å². The lowest BCUT2D eigenvalue weighted by Crippen LogP contribution is -2.18. The molecule has 2 aromatic carbocycles. The second-order valence-corrected chi connectivity index (χ2v) is 4.66. The molecule has 1 atom stereocenters. The molecule has 0 saturated heterocycles. The summed E-state index contributed by atoms with van der Waals surface area (Å²) in [5, 5.41) is 3.65. The number of rotatable bonds is 3. The van der Waals surface area contributed by atoms with Gasteiger partial charge in [0.2, 0.25) is 0 Å². The quantitative estimate of drug-likeness (QED) is 0.882. The van der Waals surface area contributed by atoms with Gasteiger partial charge in [-0.3, -0.25) is 0 Å². The normalized spacial score (nSPS) is 17.0. The number of nitrogens with one attached hydrogen (secondary N) is 1. The van der Waals surface area contributed by atoms with Gasteiger partial charge in [-0.05, 0) is 29.5 Å². The van der Waals surface area contributed by atoms with Gasteiger partial charge in [0.05, 0.1) is 0 Å². The highest BCUT2D eigenvalue weighted by Crippen LogP contribution is 2.30. The van der Waals surface area contributed by atoms with Gasteiger partial charge in [0.1, 0.15) is 0 Å². The molecule has 0 radical (unpaired) electrons. The Morgan fingerprint density at radius 2 is 1.67 bits per heavy atom. The molecule has 0 saturated carbocycles. The van der Waals surface area contributed by atoms with Crippen LogP contribution in [-0.4, -0.2) is 0 Å². The lowest BCUT2D eigenvalue weighted by atomic mass is 10.1. The standard InChI is InChI=1S/C16H17N.ClH/c1-2-6-13(7-3-1)12-17-16-11-10-14-8-4-5-9-15(14)16;/h1-9,16-17H,10-12H2;1H. The summed E-state index contributed by atoms with van der Waals surface area (Å²) in [6, 6.07) is 19.9. The summed E-state index contributed by atoms with van der Waals surface area (Å²) < 4.78 is 0. The van der Waals surface area contributed by atoms with Crippen LogP contribution in [0.1, 0.15) is 29.2 Å². The number of halogens is 1. The van der Waals surface area contributed by atoms with Gasteiger partial charge in [-0.2, -0.15) is 0 Å². The van der Waals surface area contributed by atoms with Crippen LogP contribution in [0, 0.1) is 0 Å². The monoisotopic (exact) mass is 259 g/mol. The average molecular weight is 260 g/mol. The third-order valence-corrected chi connectivity index (χ3v) is 3.53. The third kappa shape index (κ3) is 2.74. The fraction of sp³-hybridized carbons (Fsp3) is 0.250. The first-order valence-electron chi connectivity index (χ1n) is 6.28. The van der Waals surface area contributed by atoms with E-state index in [0.717, 1.165) is 6.54 Å². The van der Waals surface area contributed by atoms with Gasteiger partial charge in [-0.25, -0.2) is 0 Å². The van der Waals surface area contributed by atoms with Gasteiger partial charge in [0.25, 0.3) is 0 Å². The van der Waals surface area contributed by atoms with Crippen LogP contribution in [0.2, 0.25) is 0 Å². The molecule has 1 nitrogen and oxygen atoms in total. The highest BCUT2D eigenvalue weighted by molar-refractivity contribution is 5.85. The van der Waals surface area contributed by atoms with Crippen molar-refractivity contribution in [2.75, 3.05) is 0 Å². The Kier molecular flexibility index (Phi) is 4.40. The lowest BCUT2D eigenvalue weighted by Gasteiger charge is -2.13. The van der Waals surface area contributed by atoms with E-state index in [1.165, 1.54) is 29.5 Å². The van der Waals surface area contributed by atoms with E-state index in [0.29, 0.717) is 6.04 Å². The minimum absolute atomic E-state index is 0. The van der Waals surface area contributed by atoms with E-state index >= 15 is 0 Å². The van der Waals surface area contributed by atoms with Crippen molar-refractivity contribution in [3.8, 4) is 0 Å². The minimum atomic E-state index is 0. The molecule has 0 aliphatic heterocycles. The van der Waals surface area contributed by atoms with Gasteiger partial charge in [-0.1, -0.05) is 54.6 Å². The molecule has 0 spiro atoms. The summed E-state index contributed by atoms with van der Waals surface area (Å²) >= 11 is 0. The highest BCUT2D eigenvalue weighted by atomic mass is 35.5. The topological polar surface area (TPSA) is 12.0 Å². The van der Waals surface area contributed by atoms with Gasteiger partial charge in [0, 0.05) is 12.6 Å². The van der Waals surface area contributed by atoms with Gasteiger partial charge < -0.3 is 5.32 Å². The zero-order chi connectivity index (χ0) is 11.5. The maximum Gasteiger partial charge on any atom is 0.0329 e. The largest absolute Gasteiger partial charge is 0.306 e. The average Bonchev–Trinajstić information content (AvgIpc) is 2.81. The minimum Gasteiger partial charge on any atom is -0.306 e. The smallest absolute Gasteiger partial charge is 0.0329 e. The van der Waals surface area contributed by atoms with Crippen LogP contribution in [-0.2, 0) is 13.0 Å². The van der Waals surface area contributed by atoms with Crippen molar-refractivity contribution in [2.24, 2.45) is 0 Å². The first-order valence-corrected chi connectivity index (χ1v) is 6.28. The molecule has 1 aliphatic rings. The molecule has 18 heavy (non-hydrogen) atoms. The summed E-state index contributed by atoms with van der Waals surface area (Å²) in [4.78, 5) is 0. The number of aryl methyl sites for hydroxylation is 1. The van der Waals surface area contributed by atoms with Crippen molar-refractivity contribution >= 4 is 12.4 Å². The Balaban J connectivity index is 0.00000120. The van der Waals surface area contributed by atoms with E-state index < -0.39 is 0 Å². The zero-order valence-electron chi connectivity index (χ0n) is 10.3. The van der Waals surface area contributed by atoms with Crippen LogP contribution in [0.5, 0.6) is 0 Å². The second-order valence-electron chi connectivity index (χ2n) is 4.66. The second kappa shape index (κ2) is 6.03. The maximum absolute atomic E-state index is 3.65. The molecule has 2 heteroatoms. The summed E-state index contributed by atoms with van der Waals surface area (Å²) in [6.07, 6.45) is 2.44.